The molecule has 1 N–H and O–H groups in total. The summed E-state index contributed by atoms with van der Waals surface area (Å²) in [6.45, 7) is 0.420. The van der Waals surface area contributed by atoms with Crippen molar-refractivity contribution in [2.45, 2.75) is 0 Å². The van der Waals surface area contributed by atoms with E-state index < -0.39 is 6.09 Å². The largest absolute Gasteiger partial charge is 0.497 e. The maximum absolute atomic E-state index is 13.0. The molecule has 2 aromatic rings. The molecule has 0 fully saturated rings. The van der Waals surface area contributed by atoms with Gasteiger partial charge >= 0.3 is 6.09 Å². The minimum Gasteiger partial charge on any atom is -0.497 e. The Balaban J connectivity index is 1.79. The second-order valence-corrected chi connectivity index (χ2v) is 8.38. The van der Waals surface area contributed by atoms with Crippen LogP contribution in [0.3, 0.4) is 0 Å². The zero-order chi connectivity index (χ0) is 26.8. The molecule has 0 heterocycles. The van der Waals surface area contributed by atoms with Crippen molar-refractivity contribution in [3.63, 3.8) is 0 Å². The number of rotatable bonds is 9. The number of nitrogens with one attached hydrogen (secondary N) is 1. The zero-order valence-corrected chi connectivity index (χ0v) is 21.7. The Hall–Kier alpha value is -4.46. The van der Waals surface area contributed by atoms with Crippen LogP contribution in [0.2, 0.25) is 0 Å². The van der Waals surface area contributed by atoms with E-state index in [1.54, 1.807) is 34.4 Å². The van der Waals surface area contributed by atoms with Crippen LogP contribution in [0.1, 0.15) is 11.1 Å². The predicted molar refractivity (Wildman–Crippen MR) is 143 cm³/mol. The van der Waals surface area contributed by atoms with Gasteiger partial charge in [-0.2, -0.15) is 0 Å². The molecule has 0 saturated carbocycles. The molecule has 0 spiro atoms. The van der Waals surface area contributed by atoms with Crippen LogP contribution in [0.4, 0.5) is 4.79 Å². The predicted octanol–water partition coefficient (Wildman–Crippen LogP) is 4.69. The highest BCUT2D eigenvalue weighted by Crippen LogP contribution is 2.28. The Morgan fingerprint density at radius 2 is 1.62 bits per heavy atom. The summed E-state index contributed by atoms with van der Waals surface area (Å²) in [7, 11) is 7.93. The number of allylic oxidation sites excluding steroid dienone is 3. The second kappa shape index (κ2) is 13.0. The number of hydrogen-bond donors (Lipinski definition) is 1. The second-order valence-electron chi connectivity index (χ2n) is 8.38. The van der Waals surface area contributed by atoms with Gasteiger partial charge in [0.05, 0.1) is 21.3 Å². The minimum absolute atomic E-state index is 0.0128. The Morgan fingerprint density at radius 3 is 2.22 bits per heavy atom. The number of carbonyl (C=O) groups excluding carboxylic acids is 2. The lowest BCUT2D eigenvalue weighted by atomic mass is 10.0. The fourth-order valence-corrected chi connectivity index (χ4v) is 3.54. The molecule has 2 amide bonds. The summed E-state index contributed by atoms with van der Waals surface area (Å²) >= 11 is 0. The average Bonchev–Trinajstić information content (AvgIpc) is 3.15. The molecule has 3 rings (SSSR count). The summed E-state index contributed by atoms with van der Waals surface area (Å²) in [6.07, 6.45) is 10.8. The number of methoxy groups -OCH3 is 3. The summed E-state index contributed by atoms with van der Waals surface area (Å²) in [5, 5.41) is 2.68. The molecule has 0 aliphatic heterocycles. The fraction of sp³-hybridized carbons (Fsp3) is 0.241. The Labute approximate surface area is 217 Å². The molecule has 1 aliphatic rings. The van der Waals surface area contributed by atoms with Gasteiger partial charge in [0.25, 0.3) is 5.91 Å². The highest BCUT2D eigenvalue weighted by atomic mass is 16.5. The van der Waals surface area contributed by atoms with Crippen molar-refractivity contribution < 1.29 is 28.5 Å². The van der Waals surface area contributed by atoms with E-state index in [0.717, 1.165) is 11.1 Å². The topological polar surface area (TPSA) is 86.3 Å². The van der Waals surface area contributed by atoms with Gasteiger partial charge in [-0.25, -0.2) is 4.79 Å². The van der Waals surface area contributed by atoms with Crippen LogP contribution in [0.25, 0.3) is 11.6 Å². The van der Waals surface area contributed by atoms with E-state index in [0.29, 0.717) is 35.1 Å². The molecule has 2 aromatic carbocycles. The molecule has 1 aliphatic carbocycles. The molecule has 8 heteroatoms. The first kappa shape index (κ1) is 27.1. The molecule has 8 nitrogen and oxygen atoms in total. The van der Waals surface area contributed by atoms with Gasteiger partial charge in [-0.15, -0.1) is 0 Å². The van der Waals surface area contributed by atoms with E-state index in [-0.39, 0.29) is 11.8 Å². The van der Waals surface area contributed by atoms with Crippen molar-refractivity contribution in [2.24, 2.45) is 5.92 Å². The van der Waals surface area contributed by atoms with Crippen molar-refractivity contribution in [2.75, 3.05) is 42.0 Å². The molecule has 1 unspecified atom stereocenters. The fourth-order valence-electron chi connectivity index (χ4n) is 3.54. The number of ether oxygens (including phenoxy) is 4. The molecular weight excluding hydrogens is 472 g/mol. The first-order chi connectivity index (χ1) is 17.8. The lowest BCUT2D eigenvalue weighted by molar-refractivity contribution is -0.122. The number of carbonyl (C=O) groups is 2. The summed E-state index contributed by atoms with van der Waals surface area (Å²) in [4.78, 5) is 25.9. The normalized spacial score (nSPS) is 14.8. The summed E-state index contributed by atoms with van der Waals surface area (Å²) in [6, 6.07) is 12.8. The number of benzene rings is 2. The Bertz CT molecular complexity index is 1200. The monoisotopic (exact) mass is 504 g/mol. The van der Waals surface area contributed by atoms with E-state index >= 15 is 0 Å². The van der Waals surface area contributed by atoms with E-state index in [9.17, 15) is 9.59 Å². The van der Waals surface area contributed by atoms with Crippen molar-refractivity contribution in [1.82, 2.24) is 10.2 Å². The van der Waals surface area contributed by atoms with Crippen molar-refractivity contribution in [3.8, 4) is 17.2 Å². The molecule has 1 atom stereocenters. The third-order valence-corrected chi connectivity index (χ3v) is 5.52. The lowest BCUT2D eigenvalue weighted by Crippen LogP contribution is -2.27. The maximum Gasteiger partial charge on any atom is 0.406 e. The zero-order valence-electron chi connectivity index (χ0n) is 21.7. The first-order valence-electron chi connectivity index (χ1n) is 11.7. The lowest BCUT2D eigenvalue weighted by Gasteiger charge is -2.15. The number of hydrogen-bond acceptors (Lipinski definition) is 6. The summed E-state index contributed by atoms with van der Waals surface area (Å²) in [5.74, 6) is 2.41. The van der Waals surface area contributed by atoms with E-state index in [1.807, 2.05) is 72.9 Å². The third-order valence-electron chi connectivity index (χ3n) is 5.52. The van der Waals surface area contributed by atoms with Gasteiger partial charge in [-0.05, 0) is 53.6 Å². The quantitative estimate of drug-likeness (QED) is 0.394. The van der Waals surface area contributed by atoms with E-state index in [1.165, 1.54) is 12.0 Å². The summed E-state index contributed by atoms with van der Waals surface area (Å²) in [5.41, 5.74) is 2.04. The number of nitrogens with zero attached hydrogens (tertiary/aromatic N) is 1. The van der Waals surface area contributed by atoms with Crippen LogP contribution in [0, 0.1) is 5.92 Å². The molecular formula is C29H32N2O6. The highest BCUT2D eigenvalue weighted by Gasteiger charge is 2.15. The molecule has 194 valence electrons. The summed E-state index contributed by atoms with van der Waals surface area (Å²) < 4.78 is 21.3. The molecule has 0 bridgehead atoms. The third kappa shape index (κ3) is 7.76. The average molecular weight is 505 g/mol. The SMILES string of the molecule is COC(=O)NCC1C=CC=C(Oc2ccc(/C(=C\c3cc(OC)cc(OC)c3)C(=O)N(C)C)cc2)C=C1. The van der Waals surface area contributed by atoms with E-state index in [2.05, 4.69) is 10.1 Å². The minimum atomic E-state index is -0.470. The highest BCUT2D eigenvalue weighted by molar-refractivity contribution is 6.24. The smallest absolute Gasteiger partial charge is 0.406 e. The van der Waals surface area contributed by atoms with Crippen LogP contribution < -0.4 is 19.5 Å². The van der Waals surface area contributed by atoms with Gasteiger partial charge in [0, 0.05) is 38.2 Å². The van der Waals surface area contributed by atoms with Crippen molar-refractivity contribution >= 4 is 23.6 Å². The van der Waals surface area contributed by atoms with Gasteiger partial charge in [0.1, 0.15) is 23.0 Å². The van der Waals surface area contributed by atoms with Crippen molar-refractivity contribution in [1.29, 1.82) is 0 Å². The van der Waals surface area contributed by atoms with E-state index in [4.69, 9.17) is 14.2 Å². The number of amides is 2. The van der Waals surface area contributed by atoms with Crippen molar-refractivity contribution in [3.05, 3.63) is 89.7 Å². The Kier molecular flexibility index (Phi) is 9.55. The van der Waals surface area contributed by atoms with Gasteiger partial charge in [0.15, 0.2) is 0 Å². The van der Waals surface area contributed by atoms with Crippen LogP contribution in [-0.2, 0) is 9.53 Å². The van der Waals surface area contributed by atoms with Gasteiger partial charge < -0.3 is 29.2 Å². The molecule has 0 aromatic heterocycles. The number of likely N-dealkylation sites (N-methyl/N-ethyl adjacent to an activating group) is 1. The van der Waals surface area contributed by atoms with Crippen LogP contribution in [0.15, 0.2) is 78.6 Å². The molecule has 0 radical (unpaired) electrons. The Morgan fingerprint density at radius 1 is 0.946 bits per heavy atom. The maximum atomic E-state index is 13.0. The first-order valence-corrected chi connectivity index (χ1v) is 11.7. The van der Waals surface area contributed by atoms with Gasteiger partial charge in [0.2, 0.25) is 0 Å². The molecule has 37 heavy (non-hydrogen) atoms. The number of alkyl carbamates (subject to hydrolysis) is 1. The molecule has 0 saturated heterocycles. The van der Waals surface area contributed by atoms with Crippen LogP contribution in [-0.4, -0.2) is 58.9 Å². The van der Waals surface area contributed by atoms with Gasteiger partial charge in [-0.1, -0.05) is 30.4 Å². The standard InChI is InChI=1S/C29H32N2O6/c1-31(2)28(32)27(17-21-15-25(34-3)18-26(16-21)35-4)22-10-13-24(14-11-22)37-23-8-6-7-20(9-12-23)19-30-29(33)36-5/h6-18,20H,19H2,1-5H3,(H,30,33)/b27-17+. The van der Waals surface area contributed by atoms with Crippen LogP contribution >= 0.6 is 0 Å². The van der Waals surface area contributed by atoms with Gasteiger partial charge in [-0.3, -0.25) is 4.79 Å². The van der Waals surface area contributed by atoms with Crippen LogP contribution in [0.5, 0.6) is 17.2 Å².